The Balaban J connectivity index is 1.81. The molecule has 2 amide bonds. The number of benzene rings is 2. The summed E-state index contributed by atoms with van der Waals surface area (Å²) >= 11 is 0. The zero-order chi connectivity index (χ0) is 18.7. The highest BCUT2D eigenvalue weighted by Crippen LogP contribution is 2.30. The summed E-state index contributed by atoms with van der Waals surface area (Å²) in [7, 11) is 4.83. The average molecular weight is 354 g/mol. The van der Waals surface area contributed by atoms with Crippen molar-refractivity contribution in [1.82, 2.24) is 10.2 Å². The van der Waals surface area contributed by atoms with E-state index >= 15 is 0 Å². The molecule has 136 valence electrons. The van der Waals surface area contributed by atoms with E-state index in [4.69, 9.17) is 9.47 Å². The maximum Gasteiger partial charge on any atom is 0.247 e. The second-order valence-corrected chi connectivity index (χ2v) is 6.18. The topological polar surface area (TPSA) is 67.9 Å². The van der Waals surface area contributed by atoms with Crippen LogP contribution in [-0.2, 0) is 22.6 Å². The fourth-order valence-corrected chi connectivity index (χ4v) is 3.22. The maximum absolute atomic E-state index is 12.9. The standard InChI is InChI=1S/C20H22N2O4/c1-22-18(23)11-13-6-4-5-7-16(13)19(22)20(24)21-12-14-10-15(25-2)8-9-17(14)26-3/h4-10,19H,11-12H2,1-3H3,(H,21,24)/t19-/m1/s1. The normalized spacial score (nSPS) is 16.0. The van der Waals surface area contributed by atoms with E-state index in [0.29, 0.717) is 17.9 Å². The van der Waals surface area contributed by atoms with E-state index in [9.17, 15) is 9.59 Å². The van der Waals surface area contributed by atoms with Crippen molar-refractivity contribution in [1.29, 1.82) is 0 Å². The summed E-state index contributed by atoms with van der Waals surface area (Å²) in [5, 5.41) is 2.92. The van der Waals surface area contributed by atoms with Crippen molar-refractivity contribution in [3.63, 3.8) is 0 Å². The highest BCUT2D eigenvalue weighted by atomic mass is 16.5. The van der Waals surface area contributed by atoms with Crippen LogP contribution in [0.25, 0.3) is 0 Å². The number of fused-ring (bicyclic) bond motifs is 1. The number of nitrogens with one attached hydrogen (secondary N) is 1. The van der Waals surface area contributed by atoms with Crippen LogP contribution >= 0.6 is 0 Å². The molecule has 0 aliphatic carbocycles. The van der Waals surface area contributed by atoms with Crippen molar-refractivity contribution in [3.05, 3.63) is 59.2 Å². The summed E-state index contributed by atoms with van der Waals surface area (Å²) in [6.45, 7) is 0.278. The van der Waals surface area contributed by atoms with E-state index in [2.05, 4.69) is 5.32 Å². The van der Waals surface area contributed by atoms with Crippen LogP contribution in [0, 0.1) is 0 Å². The van der Waals surface area contributed by atoms with Crippen LogP contribution in [0.4, 0.5) is 0 Å². The largest absolute Gasteiger partial charge is 0.497 e. The van der Waals surface area contributed by atoms with Gasteiger partial charge in [-0.1, -0.05) is 24.3 Å². The van der Waals surface area contributed by atoms with Crippen molar-refractivity contribution in [2.75, 3.05) is 21.3 Å². The number of hydrogen-bond donors (Lipinski definition) is 1. The lowest BCUT2D eigenvalue weighted by molar-refractivity contribution is -0.140. The van der Waals surface area contributed by atoms with Gasteiger partial charge in [-0.25, -0.2) is 0 Å². The Kier molecular flexibility index (Phi) is 5.11. The molecular weight excluding hydrogens is 332 g/mol. The molecule has 1 aliphatic rings. The minimum absolute atomic E-state index is 0.0668. The fraction of sp³-hybridized carbons (Fsp3) is 0.300. The first-order valence-electron chi connectivity index (χ1n) is 8.37. The first-order chi connectivity index (χ1) is 12.5. The van der Waals surface area contributed by atoms with Crippen LogP contribution in [0.15, 0.2) is 42.5 Å². The number of carbonyl (C=O) groups is 2. The lowest BCUT2D eigenvalue weighted by atomic mass is 9.92. The van der Waals surface area contributed by atoms with Crippen molar-refractivity contribution >= 4 is 11.8 Å². The zero-order valence-corrected chi connectivity index (χ0v) is 15.1. The number of ether oxygens (including phenoxy) is 2. The molecular formula is C20H22N2O4. The van der Waals surface area contributed by atoms with E-state index < -0.39 is 6.04 Å². The Hall–Kier alpha value is -3.02. The van der Waals surface area contributed by atoms with Crippen molar-refractivity contribution in [2.24, 2.45) is 0 Å². The first kappa shape index (κ1) is 17.8. The van der Waals surface area contributed by atoms with E-state index in [-0.39, 0.29) is 18.4 Å². The van der Waals surface area contributed by atoms with Gasteiger partial charge in [0.05, 0.1) is 20.6 Å². The highest BCUT2D eigenvalue weighted by Gasteiger charge is 2.34. The Morgan fingerprint density at radius 1 is 1.19 bits per heavy atom. The van der Waals surface area contributed by atoms with Gasteiger partial charge >= 0.3 is 0 Å². The molecule has 0 aromatic heterocycles. The molecule has 1 aliphatic heterocycles. The summed E-state index contributed by atoms with van der Waals surface area (Å²) in [4.78, 5) is 26.6. The molecule has 1 heterocycles. The molecule has 1 N–H and O–H groups in total. The molecule has 2 aromatic rings. The number of nitrogens with zero attached hydrogens (tertiary/aromatic N) is 1. The predicted octanol–water partition coefficient (Wildman–Crippen LogP) is 2.08. The summed E-state index contributed by atoms with van der Waals surface area (Å²) in [6, 6.07) is 12.3. The molecule has 0 spiro atoms. The number of rotatable bonds is 5. The molecule has 0 fully saturated rings. The summed E-state index contributed by atoms with van der Waals surface area (Å²) in [5.41, 5.74) is 2.57. The summed E-state index contributed by atoms with van der Waals surface area (Å²) in [6.07, 6.45) is 0.320. The van der Waals surface area contributed by atoms with Gasteiger partial charge in [0, 0.05) is 19.2 Å². The Morgan fingerprint density at radius 2 is 1.96 bits per heavy atom. The number of amides is 2. The lowest BCUT2D eigenvalue weighted by Crippen LogP contribution is -2.45. The van der Waals surface area contributed by atoms with Gasteiger partial charge in [0.25, 0.3) is 0 Å². The third-order valence-electron chi connectivity index (χ3n) is 4.66. The lowest BCUT2D eigenvalue weighted by Gasteiger charge is -2.33. The Morgan fingerprint density at radius 3 is 2.69 bits per heavy atom. The quantitative estimate of drug-likeness (QED) is 0.893. The van der Waals surface area contributed by atoms with E-state index in [1.165, 1.54) is 4.90 Å². The molecule has 0 unspecified atom stereocenters. The number of hydrogen-bond acceptors (Lipinski definition) is 4. The van der Waals surface area contributed by atoms with Crippen molar-refractivity contribution < 1.29 is 19.1 Å². The SMILES string of the molecule is COc1ccc(OC)c(CNC(=O)[C@H]2c3ccccc3CC(=O)N2C)c1. The van der Waals surface area contributed by atoms with Crippen LogP contribution in [0.1, 0.15) is 22.7 Å². The minimum Gasteiger partial charge on any atom is -0.497 e. The molecule has 0 saturated carbocycles. The smallest absolute Gasteiger partial charge is 0.247 e. The Labute approximate surface area is 152 Å². The third kappa shape index (κ3) is 3.35. The average Bonchev–Trinajstić information content (AvgIpc) is 2.66. The monoisotopic (exact) mass is 354 g/mol. The zero-order valence-electron chi connectivity index (χ0n) is 15.1. The predicted molar refractivity (Wildman–Crippen MR) is 97.0 cm³/mol. The van der Waals surface area contributed by atoms with Crippen LogP contribution in [0.3, 0.4) is 0 Å². The second kappa shape index (κ2) is 7.47. The van der Waals surface area contributed by atoms with Gasteiger partial charge < -0.3 is 19.7 Å². The van der Waals surface area contributed by atoms with Gasteiger partial charge in [-0.15, -0.1) is 0 Å². The molecule has 6 nitrogen and oxygen atoms in total. The van der Waals surface area contributed by atoms with Crippen LogP contribution in [-0.4, -0.2) is 38.0 Å². The van der Waals surface area contributed by atoms with Crippen LogP contribution < -0.4 is 14.8 Å². The summed E-state index contributed by atoms with van der Waals surface area (Å²) in [5.74, 6) is 1.06. The fourth-order valence-electron chi connectivity index (χ4n) is 3.22. The number of likely N-dealkylation sites (N-methyl/N-ethyl adjacent to an activating group) is 1. The summed E-state index contributed by atoms with van der Waals surface area (Å²) < 4.78 is 10.6. The Bertz CT molecular complexity index is 834. The second-order valence-electron chi connectivity index (χ2n) is 6.18. The van der Waals surface area contributed by atoms with Gasteiger partial charge in [0.1, 0.15) is 17.5 Å². The number of methoxy groups -OCH3 is 2. The van der Waals surface area contributed by atoms with Crippen LogP contribution in [0.5, 0.6) is 11.5 Å². The molecule has 1 atom stereocenters. The van der Waals surface area contributed by atoms with E-state index in [1.807, 2.05) is 30.3 Å². The van der Waals surface area contributed by atoms with Crippen molar-refractivity contribution in [3.8, 4) is 11.5 Å². The van der Waals surface area contributed by atoms with E-state index in [0.717, 1.165) is 16.7 Å². The molecule has 0 bridgehead atoms. The van der Waals surface area contributed by atoms with E-state index in [1.54, 1.807) is 33.4 Å². The molecule has 3 rings (SSSR count). The van der Waals surface area contributed by atoms with Crippen molar-refractivity contribution in [2.45, 2.75) is 19.0 Å². The van der Waals surface area contributed by atoms with Gasteiger partial charge in [-0.05, 0) is 29.3 Å². The first-order valence-corrected chi connectivity index (χ1v) is 8.37. The molecule has 0 saturated heterocycles. The third-order valence-corrected chi connectivity index (χ3v) is 4.66. The molecule has 26 heavy (non-hydrogen) atoms. The minimum atomic E-state index is -0.635. The van der Waals surface area contributed by atoms with Crippen LogP contribution in [0.2, 0.25) is 0 Å². The molecule has 0 radical (unpaired) electrons. The molecule has 6 heteroatoms. The van der Waals surface area contributed by atoms with Gasteiger partial charge in [-0.2, -0.15) is 0 Å². The van der Waals surface area contributed by atoms with Gasteiger partial charge in [0.2, 0.25) is 11.8 Å². The maximum atomic E-state index is 12.9. The number of carbonyl (C=O) groups excluding carboxylic acids is 2. The van der Waals surface area contributed by atoms with Gasteiger partial charge in [-0.3, -0.25) is 9.59 Å². The highest BCUT2D eigenvalue weighted by molar-refractivity contribution is 5.92. The molecule has 2 aromatic carbocycles. The van der Waals surface area contributed by atoms with Gasteiger partial charge in [0.15, 0.2) is 0 Å².